The highest BCUT2D eigenvalue weighted by atomic mass is 16.1. The largest absolute Gasteiger partial charge is 0.303 e. The summed E-state index contributed by atoms with van der Waals surface area (Å²) in [5.74, 6) is 0.939. The first-order valence-corrected chi connectivity index (χ1v) is 7.20. The van der Waals surface area contributed by atoms with Gasteiger partial charge in [0.05, 0.1) is 0 Å². The van der Waals surface area contributed by atoms with Crippen molar-refractivity contribution in [3.8, 4) is 0 Å². The van der Waals surface area contributed by atoms with Crippen LogP contribution in [0.4, 0.5) is 0 Å². The van der Waals surface area contributed by atoms with Gasteiger partial charge < -0.3 is 4.90 Å². The molecule has 0 N–H and O–H groups in total. The lowest BCUT2D eigenvalue weighted by atomic mass is 10.0. The number of carbonyl (C=O) groups excluding carboxylic acids is 1. The lowest BCUT2D eigenvalue weighted by Crippen LogP contribution is -2.32. The predicted molar refractivity (Wildman–Crippen MR) is 81.7 cm³/mol. The monoisotopic (exact) mass is 261 g/mol. The van der Waals surface area contributed by atoms with Crippen molar-refractivity contribution >= 4 is 5.78 Å². The van der Waals surface area contributed by atoms with E-state index in [0.717, 1.165) is 12.1 Å². The van der Waals surface area contributed by atoms with Crippen LogP contribution in [0.1, 0.15) is 49.5 Å². The van der Waals surface area contributed by atoms with Crippen LogP contribution in [0, 0.1) is 12.8 Å². The van der Waals surface area contributed by atoms with Crippen molar-refractivity contribution < 1.29 is 4.79 Å². The number of hydrogen-bond donors (Lipinski definition) is 0. The van der Waals surface area contributed by atoms with E-state index >= 15 is 0 Å². The van der Waals surface area contributed by atoms with E-state index < -0.39 is 0 Å². The molecule has 1 unspecified atom stereocenters. The average molecular weight is 261 g/mol. The molecule has 1 aromatic rings. The fourth-order valence-electron chi connectivity index (χ4n) is 2.24. The highest BCUT2D eigenvalue weighted by Crippen LogP contribution is 2.11. The molecular formula is C17H27NO. The van der Waals surface area contributed by atoms with E-state index in [0.29, 0.717) is 18.4 Å². The third-order valence-corrected chi connectivity index (χ3v) is 3.63. The van der Waals surface area contributed by atoms with Crippen molar-refractivity contribution in [2.45, 2.75) is 46.6 Å². The van der Waals surface area contributed by atoms with Crippen molar-refractivity contribution in [1.29, 1.82) is 0 Å². The summed E-state index contributed by atoms with van der Waals surface area (Å²) < 4.78 is 0. The molecule has 1 atom stereocenters. The highest BCUT2D eigenvalue weighted by molar-refractivity contribution is 5.96. The van der Waals surface area contributed by atoms with Crippen LogP contribution in [0.3, 0.4) is 0 Å². The van der Waals surface area contributed by atoms with Gasteiger partial charge in [-0.15, -0.1) is 0 Å². The molecule has 0 aliphatic heterocycles. The van der Waals surface area contributed by atoms with Crippen molar-refractivity contribution in [1.82, 2.24) is 4.90 Å². The number of rotatable bonds is 7. The van der Waals surface area contributed by atoms with Crippen LogP contribution in [0.2, 0.25) is 0 Å². The maximum Gasteiger partial charge on any atom is 0.164 e. The molecule has 1 aromatic carbocycles. The lowest BCUT2D eigenvalue weighted by molar-refractivity contribution is 0.0959. The maximum atomic E-state index is 12.1. The molecule has 0 aromatic heterocycles. The molecule has 0 saturated heterocycles. The van der Waals surface area contributed by atoms with Gasteiger partial charge in [0.1, 0.15) is 0 Å². The van der Waals surface area contributed by atoms with E-state index in [4.69, 9.17) is 0 Å². The summed E-state index contributed by atoms with van der Waals surface area (Å²) in [6.07, 6.45) is 1.78. The van der Waals surface area contributed by atoms with Gasteiger partial charge in [-0.25, -0.2) is 0 Å². The van der Waals surface area contributed by atoms with Gasteiger partial charge >= 0.3 is 0 Å². The fraction of sp³-hybridized carbons (Fsp3) is 0.588. The molecule has 0 heterocycles. The second kappa shape index (κ2) is 7.44. The van der Waals surface area contributed by atoms with E-state index in [1.54, 1.807) is 0 Å². The average Bonchev–Trinajstić information content (AvgIpc) is 2.35. The Kier molecular flexibility index (Phi) is 6.23. The van der Waals surface area contributed by atoms with Gasteiger partial charge in [-0.05, 0) is 33.2 Å². The van der Waals surface area contributed by atoms with Gasteiger partial charge in [0.25, 0.3) is 0 Å². The molecule has 0 spiro atoms. The number of carbonyl (C=O) groups is 1. The summed E-state index contributed by atoms with van der Waals surface area (Å²) in [5.41, 5.74) is 2.02. The Morgan fingerprint density at radius 1 is 1.16 bits per heavy atom. The molecule has 0 aliphatic carbocycles. The van der Waals surface area contributed by atoms with E-state index in [9.17, 15) is 4.79 Å². The Morgan fingerprint density at radius 3 is 2.26 bits per heavy atom. The maximum absolute atomic E-state index is 12.1. The molecule has 106 valence electrons. The molecular weight excluding hydrogens is 234 g/mol. The molecule has 2 heteroatoms. The van der Waals surface area contributed by atoms with Crippen LogP contribution in [-0.2, 0) is 0 Å². The molecule has 2 nitrogen and oxygen atoms in total. The Bertz CT molecular complexity index is 394. The number of ketones is 1. The molecule has 0 amide bonds. The quantitative estimate of drug-likeness (QED) is 0.693. The van der Waals surface area contributed by atoms with Crippen LogP contribution >= 0.6 is 0 Å². The zero-order valence-electron chi connectivity index (χ0n) is 12.9. The highest BCUT2D eigenvalue weighted by Gasteiger charge is 2.13. The summed E-state index contributed by atoms with van der Waals surface area (Å²) >= 11 is 0. The van der Waals surface area contributed by atoms with Gasteiger partial charge in [0.15, 0.2) is 5.78 Å². The van der Waals surface area contributed by atoms with E-state index in [1.165, 1.54) is 12.0 Å². The Labute approximate surface area is 117 Å². The zero-order valence-corrected chi connectivity index (χ0v) is 12.9. The van der Waals surface area contributed by atoms with Crippen molar-refractivity contribution in [3.05, 3.63) is 35.4 Å². The lowest BCUT2D eigenvalue weighted by Gasteiger charge is -2.25. The van der Waals surface area contributed by atoms with Crippen molar-refractivity contribution in [2.24, 2.45) is 5.92 Å². The van der Waals surface area contributed by atoms with Crippen LogP contribution < -0.4 is 0 Å². The summed E-state index contributed by atoms with van der Waals surface area (Å²) in [5, 5.41) is 0. The molecule has 0 radical (unpaired) electrons. The molecule has 0 bridgehead atoms. The van der Waals surface area contributed by atoms with Gasteiger partial charge in [0, 0.05) is 24.6 Å². The van der Waals surface area contributed by atoms with E-state index in [2.05, 4.69) is 32.7 Å². The Hall–Kier alpha value is -1.15. The van der Waals surface area contributed by atoms with E-state index in [1.807, 2.05) is 31.2 Å². The first kappa shape index (κ1) is 15.9. The molecule has 1 rings (SSSR count). The SMILES string of the molecule is Cc1ccc(C(=O)CCN(C)C(C)CC(C)C)cc1. The summed E-state index contributed by atoms with van der Waals surface area (Å²) in [6.45, 7) is 9.58. The topological polar surface area (TPSA) is 20.3 Å². The number of benzene rings is 1. The van der Waals surface area contributed by atoms with Gasteiger partial charge in [0.2, 0.25) is 0 Å². The summed E-state index contributed by atoms with van der Waals surface area (Å²) in [7, 11) is 2.11. The molecule has 19 heavy (non-hydrogen) atoms. The smallest absolute Gasteiger partial charge is 0.164 e. The minimum absolute atomic E-state index is 0.239. The molecule has 0 saturated carbocycles. The Balaban J connectivity index is 2.43. The predicted octanol–water partition coefficient (Wildman–Crippen LogP) is 3.93. The van der Waals surface area contributed by atoms with Crippen molar-refractivity contribution in [2.75, 3.05) is 13.6 Å². The first-order valence-electron chi connectivity index (χ1n) is 7.20. The standard InChI is InChI=1S/C17H27NO/c1-13(2)12-15(4)18(5)11-10-17(19)16-8-6-14(3)7-9-16/h6-9,13,15H,10-12H2,1-5H3. The fourth-order valence-corrected chi connectivity index (χ4v) is 2.24. The number of aryl methyl sites for hydroxylation is 1. The second-order valence-electron chi connectivity index (χ2n) is 6.00. The van der Waals surface area contributed by atoms with Gasteiger partial charge in [-0.1, -0.05) is 43.7 Å². The zero-order chi connectivity index (χ0) is 14.4. The third-order valence-electron chi connectivity index (χ3n) is 3.63. The van der Waals surface area contributed by atoms with Gasteiger partial charge in [-0.2, -0.15) is 0 Å². The van der Waals surface area contributed by atoms with Crippen LogP contribution in [0.15, 0.2) is 24.3 Å². The summed E-state index contributed by atoms with van der Waals surface area (Å²) in [6, 6.07) is 8.38. The van der Waals surface area contributed by atoms with Crippen LogP contribution in [0.5, 0.6) is 0 Å². The van der Waals surface area contributed by atoms with Crippen LogP contribution in [-0.4, -0.2) is 30.3 Å². The van der Waals surface area contributed by atoms with E-state index in [-0.39, 0.29) is 5.78 Å². The number of hydrogen-bond acceptors (Lipinski definition) is 2. The minimum Gasteiger partial charge on any atom is -0.303 e. The van der Waals surface area contributed by atoms with Crippen LogP contribution in [0.25, 0.3) is 0 Å². The summed E-state index contributed by atoms with van der Waals surface area (Å²) in [4.78, 5) is 14.4. The Morgan fingerprint density at radius 2 is 1.74 bits per heavy atom. The molecule has 0 aliphatic rings. The van der Waals surface area contributed by atoms with Crippen molar-refractivity contribution in [3.63, 3.8) is 0 Å². The third kappa shape index (κ3) is 5.56. The minimum atomic E-state index is 0.239. The first-order chi connectivity index (χ1) is 8.90. The number of nitrogens with zero attached hydrogens (tertiary/aromatic N) is 1. The number of Topliss-reactive ketones (excluding diaryl/α,β-unsaturated/α-hetero) is 1. The second-order valence-corrected chi connectivity index (χ2v) is 6.00. The molecule has 0 fully saturated rings. The normalized spacial score (nSPS) is 13.0. The van der Waals surface area contributed by atoms with Gasteiger partial charge in [-0.3, -0.25) is 4.79 Å².